The van der Waals surface area contributed by atoms with Gasteiger partial charge in [0.1, 0.15) is 0 Å². The molecule has 0 spiro atoms. The number of hydroxylamine groups is 1. The molecule has 100 valence electrons. The summed E-state index contributed by atoms with van der Waals surface area (Å²) >= 11 is 0. The summed E-state index contributed by atoms with van der Waals surface area (Å²) in [7, 11) is 0. The van der Waals surface area contributed by atoms with E-state index in [1.807, 2.05) is 6.07 Å². The lowest BCUT2D eigenvalue weighted by Gasteiger charge is -2.28. The molecular weight excluding hydrogens is 222 g/mol. The SMILES string of the molecule is CCCC1CCC(NOCc2ccccc2)CC1. The highest BCUT2D eigenvalue weighted by Gasteiger charge is 2.20. The van der Waals surface area contributed by atoms with Crippen LogP contribution in [0.2, 0.25) is 0 Å². The molecule has 0 bridgehead atoms. The van der Waals surface area contributed by atoms with Gasteiger partial charge in [-0.1, -0.05) is 50.1 Å². The number of rotatable bonds is 6. The maximum Gasteiger partial charge on any atom is 0.0933 e. The van der Waals surface area contributed by atoms with E-state index in [4.69, 9.17) is 4.84 Å². The van der Waals surface area contributed by atoms with Crippen LogP contribution in [0.1, 0.15) is 51.0 Å². The summed E-state index contributed by atoms with van der Waals surface area (Å²) < 4.78 is 0. The second kappa shape index (κ2) is 7.55. The Morgan fingerprint density at radius 3 is 2.50 bits per heavy atom. The van der Waals surface area contributed by atoms with E-state index in [-0.39, 0.29) is 0 Å². The summed E-state index contributed by atoms with van der Waals surface area (Å²) in [5.74, 6) is 0.960. The van der Waals surface area contributed by atoms with Crippen molar-refractivity contribution in [2.75, 3.05) is 0 Å². The van der Waals surface area contributed by atoms with Gasteiger partial charge in [-0.3, -0.25) is 4.84 Å². The highest BCUT2D eigenvalue weighted by Crippen LogP contribution is 2.27. The summed E-state index contributed by atoms with van der Waals surface area (Å²) in [4.78, 5) is 5.60. The summed E-state index contributed by atoms with van der Waals surface area (Å²) in [6.45, 7) is 2.95. The van der Waals surface area contributed by atoms with Crippen LogP contribution in [0.5, 0.6) is 0 Å². The molecule has 1 aliphatic rings. The first-order valence-corrected chi connectivity index (χ1v) is 7.29. The van der Waals surface area contributed by atoms with Crippen molar-refractivity contribution in [2.24, 2.45) is 5.92 Å². The normalized spacial score (nSPS) is 24.1. The van der Waals surface area contributed by atoms with Crippen molar-refractivity contribution in [3.05, 3.63) is 35.9 Å². The molecule has 2 rings (SSSR count). The van der Waals surface area contributed by atoms with E-state index in [1.54, 1.807) is 0 Å². The van der Waals surface area contributed by atoms with Gasteiger partial charge in [0, 0.05) is 6.04 Å². The Morgan fingerprint density at radius 1 is 1.11 bits per heavy atom. The van der Waals surface area contributed by atoms with Crippen LogP contribution < -0.4 is 5.48 Å². The Hall–Kier alpha value is -0.860. The third kappa shape index (κ3) is 4.43. The monoisotopic (exact) mass is 247 g/mol. The van der Waals surface area contributed by atoms with Gasteiger partial charge in [0.05, 0.1) is 6.61 Å². The first-order chi connectivity index (χ1) is 8.88. The Balaban J connectivity index is 1.61. The quantitative estimate of drug-likeness (QED) is 0.765. The van der Waals surface area contributed by atoms with E-state index >= 15 is 0 Å². The van der Waals surface area contributed by atoms with E-state index in [1.165, 1.54) is 44.1 Å². The third-order valence-electron chi connectivity index (χ3n) is 3.88. The molecule has 0 aromatic heterocycles. The van der Waals surface area contributed by atoms with Crippen LogP contribution in [0.25, 0.3) is 0 Å². The lowest BCUT2D eigenvalue weighted by atomic mass is 9.84. The zero-order valence-electron chi connectivity index (χ0n) is 11.4. The molecule has 18 heavy (non-hydrogen) atoms. The molecule has 0 radical (unpaired) electrons. The topological polar surface area (TPSA) is 21.3 Å². The molecule has 0 aliphatic heterocycles. The van der Waals surface area contributed by atoms with Gasteiger partial charge in [-0.2, -0.15) is 5.48 Å². The molecule has 1 fully saturated rings. The first-order valence-electron chi connectivity index (χ1n) is 7.29. The van der Waals surface area contributed by atoms with Crippen LogP contribution in [0.3, 0.4) is 0 Å². The van der Waals surface area contributed by atoms with Crippen LogP contribution in [-0.4, -0.2) is 6.04 Å². The molecule has 1 aromatic carbocycles. The molecule has 2 nitrogen and oxygen atoms in total. The molecule has 0 unspecified atom stereocenters. The van der Waals surface area contributed by atoms with Crippen molar-refractivity contribution < 1.29 is 4.84 Å². The predicted molar refractivity (Wildman–Crippen MR) is 75.0 cm³/mol. The zero-order chi connectivity index (χ0) is 12.6. The lowest BCUT2D eigenvalue weighted by molar-refractivity contribution is -0.00834. The fourth-order valence-corrected chi connectivity index (χ4v) is 2.79. The number of nitrogens with one attached hydrogen (secondary N) is 1. The maximum atomic E-state index is 5.60. The maximum absolute atomic E-state index is 5.60. The largest absolute Gasteiger partial charge is 0.297 e. The van der Waals surface area contributed by atoms with Gasteiger partial charge in [-0.25, -0.2) is 0 Å². The molecule has 2 heteroatoms. The van der Waals surface area contributed by atoms with Gasteiger partial charge in [-0.15, -0.1) is 0 Å². The van der Waals surface area contributed by atoms with Crippen molar-refractivity contribution >= 4 is 0 Å². The average Bonchev–Trinajstić information content (AvgIpc) is 2.42. The first kappa shape index (κ1) is 13.6. The van der Waals surface area contributed by atoms with Crippen LogP contribution in [0.4, 0.5) is 0 Å². The van der Waals surface area contributed by atoms with Gasteiger partial charge in [-0.05, 0) is 37.2 Å². The summed E-state index contributed by atoms with van der Waals surface area (Å²) in [6, 6.07) is 10.9. The highest BCUT2D eigenvalue weighted by atomic mass is 16.6. The molecule has 0 saturated heterocycles. The van der Waals surface area contributed by atoms with Crippen molar-refractivity contribution in [2.45, 2.75) is 58.1 Å². The average molecular weight is 247 g/mol. The van der Waals surface area contributed by atoms with E-state index in [0.29, 0.717) is 12.6 Å². The van der Waals surface area contributed by atoms with Crippen molar-refractivity contribution in [3.63, 3.8) is 0 Å². The van der Waals surface area contributed by atoms with E-state index in [2.05, 4.69) is 36.7 Å². The molecule has 1 saturated carbocycles. The van der Waals surface area contributed by atoms with Gasteiger partial charge in [0.25, 0.3) is 0 Å². The van der Waals surface area contributed by atoms with Crippen LogP contribution in [0.15, 0.2) is 30.3 Å². The van der Waals surface area contributed by atoms with Crippen LogP contribution >= 0.6 is 0 Å². The standard InChI is InChI=1S/C16H25NO/c1-2-6-14-9-11-16(12-10-14)17-18-13-15-7-4-3-5-8-15/h3-5,7-8,14,16-17H,2,6,9-13H2,1H3. The zero-order valence-corrected chi connectivity index (χ0v) is 11.4. The van der Waals surface area contributed by atoms with Crippen LogP contribution in [-0.2, 0) is 11.4 Å². The van der Waals surface area contributed by atoms with Gasteiger partial charge in [0.2, 0.25) is 0 Å². The fraction of sp³-hybridized carbons (Fsp3) is 0.625. The van der Waals surface area contributed by atoms with Gasteiger partial charge >= 0.3 is 0 Å². The molecule has 1 N–H and O–H groups in total. The highest BCUT2D eigenvalue weighted by molar-refractivity contribution is 5.13. The Kier molecular flexibility index (Phi) is 5.69. The smallest absolute Gasteiger partial charge is 0.0933 e. The number of benzene rings is 1. The van der Waals surface area contributed by atoms with Crippen molar-refractivity contribution in [3.8, 4) is 0 Å². The second-order valence-electron chi connectivity index (χ2n) is 5.40. The third-order valence-corrected chi connectivity index (χ3v) is 3.88. The number of hydrogen-bond acceptors (Lipinski definition) is 2. The minimum absolute atomic E-state index is 0.557. The Labute approximate surface area is 111 Å². The minimum atomic E-state index is 0.557. The molecule has 1 aliphatic carbocycles. The predicted octanol–water partition coefficient (Wildman–Crippen LogP) is 4.07. The van der Waals surface area contributed by atoms with Crippen molar-refractivity contribution in [1.82, 2.24) is 5.48 Å². The van der Waals surface area contributed by atoms with Crippen LogP contribution in [0, 0.1) is 5.92 Å². The van der Waals surface area contributed by atoms with Crippen molar-refractivity contribution in [1.29, 1.82) is 0 Å². The second-order valence-corrected chi connectivity index (χ2v) is 5.40. The minimum Gasteiger partial charge on any atom is -0.297 e. The van der Waals surface area contributed by atoms with E-state index in [9.17, 15) is 0 Å². The molecule has 0 heterocycles. The molecule has 0 amide bonds. The Morgan fingerprint density at radius 2 is 1.83 bits per heavy atom. The summed E-state index contributed by atoms with van der Waals surface area (Å²) in [6.07, 6.45) is 7.98. The van der Waals surface area contributed by atoms with E-state index < -0.39 is 0 Å². The summed E-state index contributed by atoms with van der Waals surface area (Å²) in [5.41, 5.74) is 4.46. The fourth-order valence-electron chi connectivity index (χ4n) is 2.79. The molecule has 0 atom stereocenters. The lowest BCUT2D eigenvalue weighted by Crippen LogP contribution is -2.33. The molecule has 1 aromatic rings. The van der Waals surface area contributed by atoms with Gasteiger partial charge in [0.15, 0.2) is 0 Å². The number of hydrogen-bond donors (Lipinski definition) is 1. The molecular formula is C16H25NO. The van der Waals surface area contributed by atoms with E-state index in [0.717, 1.165) is 5.92 Å². The summed E-state index contributed by atoms with van der Waals surface area (Å²) in [5, 5.41) is 0. The Bertz CT molecular complexity index is 317. The van der Waals surface area contributed by atoms with Gasteiger partial charge < -0.3 is 0 Å².